The fourth-order valence-corrected chi connectivity index (χ4v) is 3.24. The summed E-state index contributed by atoms with van der Waals surface area (Å²) in [7, 11) is 0. The maximum atomic E-state index is 14.4. The number of amides is 4. The molecule has 0 unspecified atom stereocenters. The lowest BCUT2D eigenvalue weighted by atomic mass is 10.3. The number of carbonyl (C=O) groups excluding carboxylic acids is 2. The largest absolute Gasteiger partial charge is 0.454 e. The van der Waals surface area contributed by atoms with Crippen LogP contribution in [0.1, 0.15) is 0 Å². The minimum Gasteiger partial charge on any atom is -0.454 e. The van der Waals surface area contributed by atoms with E-state index in [1.54, 1.807) is 36.4 Å². The molecule has 0 atom stereocenters. The number of anilines is 2. The molecule has 0 spiro atoms. The van der Waals surface area contributed by atoms with Crippen molar-refractivity contribution in [2.45, 2.75) is 0 Å². The summed E-state index contributed by atoms with van der Waals surface area (Å²) in [5.74, 6) is -0.223. The molecule has 3 aromatic rings. The van der Waals surface area contributed by atoms with Gasteiger partial charge >= 0.3 is 12.1 Å². The quantitative estimate of drug-likeness (QED) is 0.626. The normalized spacial score (nSPS) is 13.5. The molecule has 2 aromatic carbocycles. The maximum absolute atomic E-state index is 14.4. The molecule has 4 amide bonds. The number of urea groups is 2. The summed E-state index contributed by atoms with van der Waals surface area (Å²) in [6, 6.07) is 12.9. The van der Waals surface area contributed by atoms with Crippen LogP contribution in [-0.4, -0.2) is 35.0 Å². The molecule has 2 heterocycles. The molecule has 9 heteroatoms. The number of para-hydroxylation sites is 1. The number of ether oxygens (including phenoxy) is 1. The molecule has 30 heavy (non-hydrogen) atoms. The maximum Gasteiger partial charge on any atom is 0.332 e. The summed E-state index contributed by atoms with van der Waals surface area (Å²) in [6.07, 6.45) is 3.06. The third kappa shape index (κ3) is 4.04. The zero-order valence-corrected chi connectivity index (χ0v) is 16.3. The number of rotatable bonds is 4. The molecule has 0 bridgehead atoms. The molecule has 0 radical (unpaired) electrons. The van der Waals surface area contributed by atoms with E-state index in [9.17, 15) is 14.0 Å². The van der Waals surface area contributed by atoms with E-state index < -0.39 is 17.9 Å². The number of imide groups is 1. The smallest absolute Gasteiger partial charge is 0.332 e. The van der Waals surface area contributed by atoms with Crippen LogP contribution in [0.3, 0.4) is 0 Å². The van der Waals surface area contributed by atoms with Gasteiger partial charge in [-0.2, -0.15) is 0 Å². The van der Waals surface area contributed by atoms with Gasteiger partial charge in [-0.05, 0) is 36.4 Å². The number of halogens is 2. The lowest BCUT2D eigenvalue weighted by molar-refractivity contribution is 0.209. The minimum atomic E-state index is -0.657. The van der Waals surface area contributed by atoms with Crippen molar-refractivity contribution in [2.75, 3.05) is 23.3 Å². The van der Waals surface area contributed by atoms with Gasteiger partial charge in [-0.3, -0.25) is 9.88 Å². The highest BCUT2D eigenvalue weighted by atomic mass is 35.5. The van der Waals surface area contributed by atoms with Crippen LogP contribution in [0.15, 0.2) is 67.0 Å². The van der Waals surface area contributed by atoms with Gasteiger partial charge in [-0.25, -0.2) is 18.9 Å². The number of carbonyl (C=O) groups is 2. The molecule has 1 aromatic heterocycles. The molecule has 4 rings (SSSR count). The first kappa shape index (κ1) is 19.7. The topological polar surface area (TPSA) is 74.8 Å². The lowest BCUT2D eigenvalue weighted by Gasteiger charge is -2.19. The van der Waals surface area contributed by atoms with Gasteiger partial charge in [0, 0.05) is 30.7 Å². The predicted molar refractivity (Wildman–Crippen MR) is 111 cm³/mol. The van der Waals surface area contributed by atoms with Crippen LogP contribution in [0.4, 0.5) is 25.4 Å². The Bertz CT molecular complexity index is 1100. The Balaban J connectivity index is 1.43. The van der Waals surface area contributed by atoms with Crippen LogP contribution >= 0.6 is 11.6 Å². The van der Waals surface area contributed by atoms with Crippen LogP contribution in [0.2, 0.25) is 5.02 Å². The monoisotopic (exact) mass is 426 g/mol. The third-order valence-corrected chi connectivity index (χ3v) is 4.78. The van der Waals surface area contributed by atoms with Gasteiger partial charge in [-0.15, -0.1) is 0 Å². The van der Waals surface area contributed by atoms with Crippen LogP contribution in [0.25, 0.3) is 0 Å². The second-order valence-corrected chi connectivity index (χ2v) is 6.80. The Kier molecular flexibility index (Phi) is 5.49. The highest BCUT2D eigenvalue weighted by molar-refractivity contribution is 6.34. The van der Waals surface area contributed by atoms with Crippen molar-refractivity contribution in [1.82, 2.24) is 9.88 Å². The first-order valence-corrected chi connectivity index (χ1v) is 9.43. The number of benzene rings is 2. The van der Waals surface area contributed by atoms with Crippen molar-refractivity contribution in [3.63, 3.8) is 0 Å². The van der Waals surface area contributed by atoms with Crippen LogP contribution in [-0.2, 0) is 0 Å². The van der Waals surface area contributed by atoms with Crippen molar-refractivity contribution in [3.05, 3.63) is 77.8 Å². The van der Waals surface area contributed by atoms with Crippen molar-refractivity contribution >= 4 is 35.0 Å². The molecule has 7 nitrogen and oxygen atoms in total. The zero-order valence-electron chi connectivity index (χ0n) is 15.6. The van der Waals surface area contributed by atoms with Gasteiger partial charge in [-0.1, -0.05) is 23.7 Å². The predicted octanol–water partition coefficient (Wildman–Crippen LogP) is 5.14. The van der Waals surface area contributed by atoms with E-state index in [4.69, 9.17) is 16.3 Å². The van der Waals surface area contributed by atoms with E-state index in [1.807, 2.05) is 0 Å². The summed E-state index contributed by atoms with van der Waals surface area (Å²) in [6.45, 7) is 0.491. The van der Waals surface area contributed by atoms with Crippen LogP contribution < -0.4 is 15.0 Å². The van der Waals surface area contributed by atoms with Crippen LogP contribution in [0, 0.1) is 5.82 Å². The van der Waals surface area contributed by atoms with Crippen molar-refractivity contribution < 1.29 is 18.7 Å². The van der Waals surface area contributed by atoms with Gasteiger partial charge in [0.15, 0.2) is 11.6 Å². The van der Waals surface area contributed by atoms with E-state index in [0.717, 1.165) is 11.0 Å². The minimum absolute atomic E-state index is 0.00124. The summed E-state index contributed by atoms with van der Waals surface area (Å²) in [5.41, 5.74) is 0.728. The Morgan fingerprint density at radius 2 is 1.87 bits per heavy atom. The average Bonchev–Trinajstić information content (AvgIpc) is 3.12. The summed E-state index contributed by atoms with van der Waals surface area (Å²) in [5, 5.41) is 2.95. The van der Waals surface area contributed by atoms with Crippen LogP contribution in [0.5, 0.6) is 11.5 Å². The number of pyridine rings is 1. The molecular weight excluding hydrogens is 411 g/mol. The standard InChI is InChI=1S/C21H16ClFN4O3/c22-16-3-1-2-4-18(16)26-11-12-27(21(26)29)20(28)25-14-5-6-19(17(23)13-14)30-15-7-9-24-10-8-15/h1-10,13H,11-12H2,(H,25,28). The summed E-state index contributed by atoms with van der Waals surface area (Å²) >= 11 is 6.15. The fraction of sp³-hybridized carbons (Fsp3) is 0.0952. The summed E-state index contributed by atoms with van der Waals surface area (Å²) in [4.78, 5) is 31.5. The highest BCUT2D eigenvalue weighted by Crippen LogP contribution is 2.29. The van der Waals surface area contributed by atoms with Gasteiger partial charge < -0.3 is 10.1 Å². The molecule has 152 valence electrons. The first-order chi connectivity index (χ1) is 14.5. The molecule has 0 saturated carbocycles. The van der Waals surface area contributed by atoms with Gasteiger partial charge in [0.1, 0.15) is 5.75 Å². The Morgan fingerprint density at radius 3 is 2.60 bits per heavy atom. The Hall–Kier alpha value is -3.65. The average molecular weight is 427 g/mol. The molecule has 1 aliphatic rings. The highest BCUT2D eigenvalue weighted by Gasteiger charge is 2.35. The van der Waals surface area contributed by atoms with E-state index in [1.165, 1.54) is 29.4 Å². The zero-order chi connectivity index (χ0) is 21.1. The van der Waals surface area contributed by atoms with E-state index in [-0.39, 0.29) is 18.0 Å². The molecule has 0 aliphatic carbocycles. The number of nitrogens with zero attached hydrogens (tertiary/aromatic N) is 3. The molecule has 1 saturated heterocycles. The number of hydrogen-bond acceptors (Lipinski definition) is 4. The third-order valence-electron chi connectivity index (χ3n) is 4.46. The number of nitrogens with one attached hydrogen (secondary N) is 1. The number of aromatic nitrogens is 1. The second kappa shape index (κ2) is 8.38. The molecule has 1 aliphatic heterocycles. The van der Waals surface area contributed by atoms with E-state index in [2.05, 4.69) is 10.3 Å². The molecule has 1 N–H and O–H groups in total. The van der Waals surface area contributed by atoms with Gasteiger partial charge in [0.25, 0.3) is 0 Å². The van der Waals surface area contributed by atoms with Crippen molar-refractivity contribution in [1.29, 1.82) is 0 Å². The molecular formula is C21H16ClFN4O3. The first-order valence-electron chi connectivity index (χ1n) is 9.05. The van der Waals surface area contributed by atoms with E-state index in [0.29, 0.717) is 23.0 Å². The van der Waals surface area contributed by atoms with E-state index >= 15 is 0 Å². The second-order valence-electron chi connectivity index (χ2n) is 6.40. The van der Waals surface area contributed by atoms with Crippen molar-refractivity contribution in [3.8, 4) is 11.5 Å². The molecule has 1 fully saturated rings. The fourth-order valence-electron chi connectivity index (χ4n) is 3.01. The van der Waals surface area contributed by atoms with Crippen molar-refractivity contribution in [2.24, 2.45) is 0 Å². The SMILES string of the molecule is O=C(Nc1ccc(Oc2ccncc2)c(F)c1)N1CCN(c2ccccc2Cl)C1=O. The number of hydrogen-bond donors (Lipinski definition) is 1. The van der Waals surface area contributed by atoms with Gasteiger partial charge in [0.05, 0.1) is 17.3 Å². The lowest BCUT2D eigenvalue weighted by Crippen LogP contribution is -2.39. The Labute approximate surface area is 176 Å². The van der Waals surface area contributed by atoms with Gasteiger partial charge in [0.2, 0.25) is 0 Å². The Morgan fingerprint density at radius 1 is 1.10 bits per heavy atom. The summed E-state index contributed by atoms with van der Waals surface area (Å²) < 4.78 is 19.8.